The molecule has 0 aromatic heterocycles. The van der Waals surface area contributed by atoms with Crippen LogP contribution >= 0.6 is 0 Å². The number of carboxylic acids is 1. The van der Waals surface area contributed by atoms with Gasteiger partial charge in [-0.1, -0.05) is 6.92 Å². The second-order valence-electron chi connectivity index (χ2n) is 4.22. The lowest BCUT2D eigenvalue weighted by molar-refractivity contribution is -0.142. The summed E-state index contributed by atoms with van der Waals surface area (Å²) in [5.41, 5.74) is 0. The van der Waals surface area contributed by atoms with Crippen molar-refractivity contribution in [3.63, 3.8) is 0 Å². The third kappa shape index (κ3) is 1.35. The van der Waals surface area contributed by atoms with Crippen LogP contribution in [0, 0.1) is 5.92 Å². The van der Waals surface area contributed by atoms with E-state index in [4.69, 9.17) is 5.11 Å². The van der Waals surface area contributed by atoms with Crippen LogP contribution < -0.4 is 0 Å². The quantitative estimate of drug-likeness (QED) is 0.717. The minimum Gasteiger partial charge on any atom is -0.481 e. The second-order valence-corrected chi connectivity index (χ2v) is 4.22. The van der Waals surface area contributed by atoms with E-state index in [-0.39, 0.29) is 5.92 Å². The number of fused-ring (bicyclic) bond motifs is 2. The average Bonchev–Trinajstić information content (AvgIpc) is 2.63. The maximum Gasteiger partial charge on any atom is 0.308 e. The zero-order chi connectivity index (χ0) is 9.42. The van der Waals surface area contributed by atoms with Crippen LogP contribution in [0.1, 0.15) is 32.6 Å². The number of rotatable bonds is 3. The first-order valence-electron chi connectivity index (χ1n) is 5.22. The van der Waals surface area contributed by atoms with Crippen LogP contribution in [0.3, 0.4) is 0 Å². The molecule has 3 nitrogen and oxygen atoms in total. The Morgan fingerprint density at radius 3 is 2.85 bits per heavy atom. The average molecular weight is 183 g/mol. The summed E-state index contributed by atoms with van der Waals surface area (Å²) in [6.45, 7) is 3.24. The Bertz CT molecular complexity index is 217. The largest absolute Gasteiger partial charge is 0.481 e. The van der Waals surface area contributed by atoms with Crippen molar-refractivity contribution in [3.8, 4) is 0 Å². The molecular weight excluding hydrogens is 166 g/mol. The summed E-state index contributed by atoms with van der Waals surface area (Å²) in [5.74, 6) is -0.668. The monoisotopic (exact) mass is 183 g/mol. The van der Waals surface area contributed by atoms with Crippen LogP contribution in [-0.2, 0) is 4.79 Å². The van der Waals surface area contributed by atoms with Crippen molar-refractivity contribution in [1.82, 2.24) is 4.90 Å². The number of hydrogen-bond acceptors (Lipinski definition) is 2. The highest BCUT2D eigenvalue weighted by molar-refractivity contribution is 5.71. The van der Waals surface area contributed by atoms with Gasteiger partial charge in [-0.25, -0.2) is 0 Å². The van der Waals surface area contributed by atoms with E-state index in [1.165, 1.54) is 6.42 Å². The Morgan fingerprint density at radius 1 is 1.54 bits per heavy atom. The molecule has 0 aromatic carbocycles. The first kappa shape index (κ1) is 9.00. The van der Waals surface area contributed by atoms with E-state index in [0.717, 1.165) is 25.8 Å². The van der Waals surface area contributed by atoms with E-state index >= 15 is 0 Å². The van der Waals surface area contributed by atoms with E-state index in [1.807, 2.05) is 0 Å². The molecule has 0 amide bonds. The predicted molar refractivity (Wildman–Crippen MR) is 49.5 cm³/mol. The van der Waals surface area contributed by atoms with Crippen molar-refractivity contribution < 1.29 is 9.90 Å². The third-order valence-corrected chi connectivity index (χ3v) is 3.48. The van der Waals surface area contributed by atoms with Crippen LogP contribution in [0.15, 0.2) is 0 Å². The first-order chi connectivity index (χ1) is 6.24. The highest BCUT2D eigenvalue weighted by Crippen LogP contribution is 2.41. The lowest BCUT2D eigenvalue weighted by Gasteiger charge is -2.21. The number of carbonyl (C=O) groups is 1. The summed E-state index contributed by atoms with van der Waals surface area (Å²) < 4.78 is 0. The molecule has 2 aliphatic rings. The fourth-order valence-electron chi connectivity index (χ4n) is 2.97. The van der Waals surface area contributed by atoms with Gasteiger partial charge in [-0.05, 0) is 32.2 Å². The molecule has 2 rings (SSSR count). The third-order valence-electron chi connectivity index (χ3n) is 3.48. The van der Waals surface area contributed by atoms with E-state index < -0.39 is 5.97 Å². The van der Waals surface area contributed by atoms with Gasteiger partial charge in [0.05, 0.1) is 5.92 Å². The second kappa shape index (κ2) is 3.29. The van der Waals surface area contributed by atoms with Crippen LogP contribution in [0.2, 0.25) is 0 Å². The molecule has 13 heavy (non-hydrogen) atoms. The van der Waals surface area contributed by atoms with Crippen LogP contribution in [-0.4, -0.2) is 34.6 Å². The smallest absolute Gasteiger partial charge is 0.308 e. The minimum atomic E-state index is -0.590. The molecule has 0 aromatic rings. The molecule has 2 fully saturated rings. The molecule has 0 aliphatic carbocycles. The first-order valence-corrected chi connectivity index (χ1v) is 5.22. The molecule has 2 heterocycles. The zero-order valence-corrected chi connectivity index (χ0v) is 8.07. The molecule has 3 heteroatoms. The highest BCUT2D eigenvalue weighted by atomic mass is 16.4. The number of aliphatic carboxylic acids is 1. The van der Waals surface area contributed by atoms with Crippen molar-refractivity contribution in [2.45, 2.75) is 44.7 Å². The zero-order valence-electron chi connectivity index (χ0n) is 8.07. The van der Waals surface area contributed by atoms with Gasteiger partial charge in [-0.15, -0.1) is 0 Å². The summed E-state index contributed by atoms with van der Waals surface area (Å²) in [6.07, 6.45) is 4.34. The summed E-state index contributed by atoms with van der Waals surface area (Å²) in [4.78, 5) is 13.3. The van der Waals surface area contributed by atoms with E-state index in [9.17, 15) is 4.79 Å². The Kier molecular flexibility index (Phi) is 2.28. The van der Waals surface area contributed by atoms with Gasteiger partial charge in [0, 0.05) is 12.1 Å². The molecule has 74 valence electrons. The van der Waals surface area contributed by atoms with E-state index in [0.29, 0.717) is 12.1 Å². The Hall–Kier alpha value is -0.570. The molecule has 1 N–H and O–H groups in total. The summed E-state index contributed by atoms with van der Waals surface area (Å²) in [6, 6.07) is 0.925. The van der Waals surface area contributed by atoms with Crippen molar-refractivity contribution in [1.29, 1.82) is 0 Å². The molecule has 0 saturated carbocycles. The van der Waals surface area contributed by atoms with E-state index in [1.54, 1.807) is 0 Å². The van der Waals surface area contributed by atoms with E-state index in [2.05, 4.69) is 11.8 Å². The van der Waals surface area contributed by atoms with Gasteiger partial charge in [0.15, 0.2) is 0 Å². The van der Waals surface area contributed by atoms with Crippen molar-refractivity contribution in [2.24, 2.45) is 5.92 Å². The van der Waals surface area contributed by atoms with Gasteiger partial charge in [-0.3, -0.25) is 9.69 Å². The fraction of sp³-hybridized carbons (Fsp3) is 0.900. The van der Waals surface area contributed by atoms with Gasteiger partial charge in [0.2, 0.25) is 0 Å². The molecule has 2 saturated heterocycles. The summed E-state index contributed by atoms with van der Waals surface area (Å²) in [7, 11) is 0. The van der Waals surface area contributed by atoms with Crippen LogP contribution in [0.5, 0.6) is 0 Å². The minimum absolute atomic E-state index is 0.0784. The lowest BCUT2D eigenvalue weighted by Crippen LogP contribution is -2.33. The maximum atomic E-state index is 10.9. The van der Waals surface area contributed by atoms with Gasteiger partial charge < -0.3 is 5.11 Å². The van der Waals surface area contributed by atoms with Crippen LogP contribution in [0.25, 0.3) is 0 Å². The molecule has 0 radical (unpaired) electrons. The van der Waals surface area contributed by atoms with Crippen molar-refractivity contribution >= 4 is 5.97 Å². The van der Waals surface area contributed by atoms with Crippen molar-refractivity contribution in [2.75, 3.05) is 6.54 Å². The standard InChI is InChI=1S/C10H17NO2/c1-2-5-11-7-3-4-9(11)8(6-7)10(12)13/h7-9H,2-6H2,1H3,(H,12,13). The molecule has 2 aliphatic heterocycles. The Balaban J connectivity index is 2.06. The van der Waals surface area contributed by atoms with Gasteiger partial charge in [-0.2, -0.15) is 0 Å². The molecular formula is C10H17NO2. The molecule has 2 bridgehead atoms. The Labute approximate surface area is 78.7 Å². The van der Waals surface area contributed by atoms with Gasteiger partial charge in [0.25, 0.3) is 0 Å². The van der Waals surface area contributed by atoms with Gasteiger partial charge in [0.1, 0.15) is 0 Å². The molecule has 3 atom stereocenters. The molecule has 0 spiro atoms. The maximum absolute atomic E-state index is 10.9. The van der Waals surface area contributed by atoms with Crippen LogP contribution in [0.4, 0.5) is 0 Å². The summed E-state index contributed by atoms with van der Waals surface area (Å²) >= 11 is 0. The summed E-state index contributed by atoms with van der Waals surface area (Å²) in [5, 5.41) is 8.99. The lowest BCUT2D eigenvalue weighted by atomic mass is 9.89. The Morgan fingerprint density at radius 2 is 2.31 bits per heavy atom. The number of hydrogen-bond donors (Lipinski definition) is 1. The highest BCUT2D eigenvalue weighted by Gasteiger charge is 2.48. The van der Waals surface area contributed by atoms with Gasteiger partial charge >= 0.3 is 5.97 Å². The fourth-order valence-corrected chi connectivity index (χ4v) is 2.97. The number of carboxylic acid groups (broad SMARTS) is 1. The number of nitrogens with zero attached hydrogens (tertiary/aromatic N) is 1. The topological polar surface area (TPSA) is 40.5 Å². The van der Waals surface area contributed by atoms with Crippen molar-refractivity contribution in [3.05, 3.63) is 0 Å². The normalized spacial score (nSPS) is 38.4. The SMILES string of the molecule is CCCN1C2CCC1C(C(=O)O)C2. The molecule has 3 unspecified atom stereocenters. The predicted octanol–water partition coefficient (Wildman–Crippen LogP) is 1.33.